The molecular formula is C32H34N6O6. The maximum Gasteiger partial charge on any atom is 0.411 e. The van der Waals surface area contributed by atoms with Crippen molar-refractivity contribution in [3.05, 3.63) is 70.9 Å². The Hall–Kier alpha value is -4.86. The number of ether oxygens (including phenoxy) is 4. The van der Waals surface area contributed by atoms with E-state index in [1.807, 2.05) is 19.1 Å². The zero-order chi connectivity index (χ0) is 30.6. The standard InChI is InChI=1S/C32H34N6O6/c1-20-26(36-32(40)42-16-13-37-11-14-41-15-12-37)19-38-29(20)28(22(17-33)18-34-38)35-23-5-3-6-24(10-9-23)44-27-8-4-7-25-30(39)21(2)43-31(25)27/h4,7-10,18-19,21,35H,3,5-6,11-16H2,1-2H3,(H,36,40). The van der Waals surface area contributed by atoms with Crippen molar-refractivity contribution in [2.45, 2.75) is 39.2 Å². The van der Waals surface area contributed by atoms with E-state index in [2.05, 4.69) is 26.7 Å². The van der Waals surface area contributed by atoms with Gasteiger partial charge in [0, 0.05) is 37.3 Å². The average molecular weight is 599 g/mol. The Morgan fingerprint density at radius 3 is 2.89 bits per heavy atom. The fraction of sp³-hybridized carbons (Fsp3) is 0.375. The van der Waals surface area contributed by atoms with Gasteiger partial charge in [-0.25, -0.2) is 9.31 Å². The quantitative estimate of drug-likeness (QED) is 0.372. The molecule has 6 rings (SSSR count). The van der Waals surface area contributed by atoms with Crippen molar-refractivity contribution in [3.63, 3.8) is 0 Å². The molecule has 1 aliphatic carbocycles. The van der Waals surface area contributed by atoms with Gasteiger partial charge in [-0.2, -0.15) is 10.4 Å². The minimum Gasteiger partial charge on any atom is -0.478 e. The molecule has 0 radical (unpaired) electrons. The number of carbonyl (C=O) groups excluding carboxylic acids is 2. The number of nitrogens with one attached hydrogen (secondary N) is 2. The molecule has 2 N–H and O–H groups in total. The number of fused-ring (bicyclic) bond motifs is 2. The van der Waals surface area contributed by atoms with Gasteiger partial charge >= 0.3 is 6.09 Å². The highest BCUT2D eigenvalue weighted by Gasteiger charge is 2.31. The third-order valence-electron chi connectivity index (χ3n) is 7.93. The van der Waals surface area contributed by atoms with Gasteiger partial charge in [0.05, 0.1) is 53.6 Å². The van der Waals surface area contributed by atoms with Crippen LogP contribution in [0.3, 0.4) is 0 Å². The van der Waals surface area contributed by atoms with E-state index in [-0.39, 0.29) is 12.4 Å². The van der Waals surface area contributed by atoms with Crippen LogP contribution in [-0.4, -0.2) is 71.9 Å². The second-order valence-electron chi connectivity index (χ2n) is 10.9. The summed E-state index contributed by atoms with van der Waals surface area (Å²) in [6.45, 7) is 7.53. The van der Waals surface area contributed by atoms with E-state index in [9.17, 15) is 14.9 Å². The first-order valence-corrected chi connectivity index (χ1v) is 14.7. The Morgan fingerprint density at radius 2 is 2.07 bits per heavy atom. The molecule has 1 unspecified atom stereocenters. The van der Waals surface area contributed by atoms with Crippen LogP contribution < -0.4 is 20.1 Å². The largest absolute Gasteiger partial charge is 0.478 e. The Balaban J connectivity index is 1.17. The molecule has 44 heavy (non-hydrogen) atoms. The zero-order valence-corrected chi connectivity index (χ0v) is 24.7. The number of morpholine rings is 1. The number of aromatic nitrogens is 2. The zero-order valence-electron chi connectivity index (χ0n) is 24.7. The number of Topliss-reactive ketones (excluding diaryl/α,β-unsaturated/α-hetero) is 1. The monoisotopic (exact) mass is 598 g/mol. The van der Waals surface area contributed by atoms with Gasteiger partial charge < -0.3 is 24.3 Å². The van der Waals surface area contributed by atoms with Gasteiger partial charge in [0.25, 0.3) is 0 Å². The molecule has 1 atom stereocenters. The van der Waals surface area contributed by atoms with Crippen LogP contribution in [0.5, 0.6) is 11.5 Å². The number of anilines is 2. The van der Waals surface area contributed by atoms with Crippen molar-refractivity contribution in [2.24, 2.45) is 0 Å². The van der Waals surface area contributed by atoms with Gasteiger partial charge in [0.2, 0.25) is 5.78 Å². The van der Waals surface area contributed by atoms with Crippen molar-refractivity contribution in [1.82, 2.24) is 14.5 Å². The van der Waals surface area contributed by atoms with Crippen LogP contribution in [-0.2, 0) is 9.47 Å². The highest BCUT2D eigenvalue weighted by Crippen LogP contribution is 2.39. The molecule has 1 aromatic carbocycles. The molecule has 1 amide bonds. The molecule has 2 aromatic heterocycles. The van der Waals surface area contributed by atoms with Crippen LogP contribution in [0.4, 0.5) is 16.2 Å². The molecule has 0 bridgehead atoms. The van der Waals surface area contributed by atoms with Crippen molar-refractivity contribution in [1.29, 1.82) is 5.26 Å². The Morgan fingerprint density at radius 1 is 1.23 bits per heavy atom. The number of amides is 1. The summed E-state index contributed by atoms with van der Waals surface area (Å²) in [5.41, 5.74) is 4.36. The van der Waals surface area contributed by atoms with Gasteiger partial charge in [-0.15, -0.1) is 0 Å². The minimum absolute atomic E-state index is 0.0525. The number of allylic oxidation sites excluding steroid dienone is 4. The fourth-order valence-corrected chi connectivity index (χ4v) is 5.53. The molecular weight excluding hydrogens is 564 g/mol. The van der Waals surface area contributed by atoms with Crippen LogP contribution in [0.25, 0.3) is 5.52 Å². The molecule has 1 fully saturated rings. The van der Waals surface area contributed by atoms with Gasteiger partial charge in [0.15, 0.2) is 17.6 Å². The number of ketones is 1. The molecule has 0 spiro atoms. The second-order valence-corrected chi connectivity index (χ2v) is 10.9. The summed E-state index contributed by atoms with van der Waals surface area (Å²) in [5.74, 6) is 1.68. The third kappa shape index (κ3) is 6.10. The summed E-state index contributed by atoms with van der Waals surface area (Å²) in [6.07, 6.45) is 8.13. The minimum atomic E-state index is -0.551. The molecule has 1 saturated heterocycles. The Labute approximate surface area is 254 Å². The number of benzene rings is 1. The van der Waals surface area contributed by atoms with Gasteiger partial charge in [-0.1, -0.05) is 6.07 Å². The lowest BCUT2D eigenvalue weighted by molar-refractivity contribution is 0.0290. The molecule has 12 nitrogen and oxygen atoms in total. The summed E-state index contributed by atoms with van der Waals surface area (Å²) in [7, 11) is 0. The predicted octanol–water partition coefficient (Wildman–Crippen LogP) is 4.80. The molecule has 0 saturated carbocycles. The van der Waals surface area contributed by atoms with Crippen molar-refractivity contribution < 1.29 is 28.5 Å². The lowest BCUT2D eigenvalue weighted by Gasteiger charge is -2.26. The smallest absolute Gasteiger partial charge is 0.411 e. The highest BCUT2D eigenvalue weighted by atomic mass is 16.5. The predicted molar refractivity (Wildman–Crippen MR) is 162 cm³/mol. The maximum atomic E-state index is 12.6. The number of hydrogen-bond donors (Lipinski definition) is 2. The van der Waals surface area contributed by atoms with Crippen LogP contribution in [0.1, 0.15) is 47.7 Å². The third-order valence-corrected chi connectivity index (χ3v) is 7.93. The summed E-state index contributed by atoms with van der Waals surface area (Å²) in [6, 6.07) is 7.57. The highest BCUT2D eigenvalue weighted by molar-refractivity contribution is 6.05. The normalized spacial score (nSPS) is 18.4. The average Bonchev–Trinajstić information content (AvgIpc) is 3.39. The number of para-hydroxylation sites is 1. The summed E-state index contributed by atoms with van der Waals surface area (Å²) in [5, 5.41) is 20.6. The topological polar surface area (TPSA) is 139 Å². The second kappa shape index (κ2) is 12.8. The van der Waals surface area contributed by atoms with E-state index in [1.165, 1.54) is 6.20 Å². The molecule has 228 valence electrons. The van der Waals surface area contributed by atoms with Gasteiger partial charge in [-0.05, 0) is 51.0 Å². The summed E-state index contributed by atoms with van der Waals surface area (Å²) < 4.78 is 24.4. The van der Waals surface area contributed by atoms with E-state index in [1.54, 1.807) is 35.8 Å². The summed E-state index contributed by atoms with van der Waals surface area (Å²) in [4.78, 5) is 27.1. The van der Waals surface area contributed by atoms with Crippen LogP contribution in [0.15, 0.2) is 54.2 Å². The number of aryl methyl sites for hydroxylation is 1. The van der Waals surface area contributed by atoms with Crippen LogP contribution in [0.2, 0.25) is 0 Å². The Kier molecular flexibility index (Phi) is 8.49. The number of nitrogens with zero attached hydrogens (tertiary/aromatic N) is 4. The first-order chi connectivity index (χ1) is 21.4. The Bertz CT molecular complexity index is 1700. The number of rotatable bonds is 8. The molecule has 3 aromatic rings. The lowest BCUT2D eigenvalue weighted by Crippen LogP contribution is -2.38. The van der Waals surface area contributed by atoms with E-state index in [0.29, 0.717) is 72.1 Å². The van der Waals surface area contributed by atoms with Crippen molar-refractivity contribution in [3.8, 4) is 17.6 Å². The number of nitriles is 1. The van der Waals surface area contributed by atoms with Crippen LogP contribution in [0, 0.1) is 18.3 Å². The molecule has 2 aliphatic heterocycles. The number of carbonyl (C=O) groups is 2. The SMILES string of the molecule is Cc1c(NC(=O)OCCN2CCOCC2)cn2ncc(C#N)c(NC3=CC=C(Oc4cccc5c4OC(C)C5=O)CCC3)c12. The van der Waals surface area contributed by atoms with Crippen molar-refractivity contribution in [2.75, 3.05) is 50.1 Å². The molecule has 4 heterocycles. The first kappa shape index (κ1) is 29.2. The van der Waals surface area contributed by atoms with E-state index < -0.39 is 12.2 Å². The number of hydrogen-bond acceptors (Lipinski definition) is 10. The molecule has 12 heteroatoms. The van der Waals surface area contributed by atoms with Crippen molar-refractivity contribution >= 4 is 28.8 Å². The van der Waals surface area contributed by atoms with E-state index in [4.69, 9.17) is 18.9 Å². The van der Waals surface area contributed by atoms with E-state index >= 15 is 0 Å². The van der Waals surface area contributed by atoms with Crippen LogP contribution >= 0.6 is 0 Å². The lowest BCUT2D eigenvalue weighted by atomic mass is 10.1. The van der Waals surface area contributed by atoms with Gasteiger partial charge in [-0.3, -0.25) is 15.0 Å². The van der Waals surface area contributed by atoms with E-state index in [0.717, 1.165) is 36.5 Å². The van der Waals surface area contributed by atoms with Gasteiger partial charge in [0.1, 0.15) is 18.4 Å². The maximum absolute atomic E-state index is 12.6. The first-order valence-electron chi connectivity index (χ1n) is 14.7. The fourth-order valence-electron chi connectivity index (χ4n) is 5.53. The molecule has 3 aliphatic rings. The summed E-state index contributed by atoms with van der Waals surface area (Å²) >= 11 is 0.